The number of benzene rings is 1. The van der Waals surface area contributed by atoms with Gasteiger partial charge in [0.2, 0.25) is 0 Å². The van der Waals surface area contributed by atoms with Gasteiger partial charge in [-0.2, -0.15) is 0 Å². The van der Waals surface area contributed by atoms with Crippen molar-refractivity contribution >= 4 is 44.2 Å². The maximum absolute atomic E-state index is 11.2. The molecule has 0 saturated heterocycles. The van der Waals surface area contributed by atoms with Crippen LogP contribution in [-0.4, -0.2) is 10.8 Å². The van der Waals surface area contributed by atoms with E-state index in [1.165, 1.54) is 6.92 Å². The lowest BCUT2D eigenvalue weighted by Crippen LogP contribution is -1.91. The van der Waals surface area contributed by atoms with Crippen LogP contribution in [-0.2, 0) is 0 Å². The van der Waals surface area contributed by atoms with Crippen molar-refractivity contribution in [3.8, 4) is 0 Å². The highest BCUT2D eigenvalue weighted by Gasteiger charge is 2.12. The number of H-pyrrole nitrogens is 1. The van der Waals surface area contributed by atoms with Crippen LogP contribution in [0, 0.1) is 0 Å². The highest BCUT2D eigenvalue weighted by molar-refractivity contribution is 9.10. The monoisotopic (exact) mass is 271 g/mol. The first kappa shape index (κ1) is 9.74. The first-order valence-corrected chi connectivity index (χ1v) is 5.24. The number of carbonyl (C=O) groups is 1. The average Bonchev–Trinajstić information content (AvgIpc) is 2.43. The number of ketones is 1. The van der Waals surface area contributed by atoms with E-state index in [9.17, 15) is 4.79 Å². The maximum atomic E-state index is 11.2. The minimum absolute atomic E-state index is 0.00389. The summed E-state index contributed by atoms with van der Waals surface area (Å²) in [5.74, 6) is 0.00389. The lowest BCUT2D eigenvalue weighted by Gasteiger charge is -1.90. The summed E-state index contributed by atoms with van der Waals surface area (Å²) in [5.41, 5.74) is 1.46. The Balaban J connectivity index is 2.79. The molecule has 0 radical (unpaired) electrons. The fourth-order valence-electron chi connectivity index (χ4n) is 1.38. The van der Waals surface area contributed by atoms with Crippen molar-refractivity contribution in [3.63, 3.8) is 0 Å². The van der Waals surface area contributed by atoms with Crippen LogP contribution in [0.3, 0.4) is 0 Å². The molecule has 2 aromatic rings. The Morgan fingerprint density at radius 3 is 2.86 bits per heavy atom. The first-order chi connectivity index (χ1) is 6.59. The molecular weight excluding hydrogens is 265 g/mol. The van der Waals surface area contributed by atoms with Crippen LogP contribution >= 0.6 is 27.5 Å². The van der Waals surface area contributed by atoms with Crippen LogP contribution in [0.5, 0.6) is 0 Å². The van der Waals surface area contributed by atoms with Crippen molar-refractivity contribution in [2.75, 3.05) is 0 Å². The van der Waals surface area contributed by atoms with Crippen molar-refractivity contribution < 1.29 is 4.79 Å². The third-order valence-electron chi connectivity index (χ3n) is 2.05. The number of nitrogens with one attached hydrogen (secondary N) is 1. The van der Waals surface area contributed by atoms with Gasteiger partial charge in [0.15, 0.2) is 5.78 Å². The van der Waals surface area contributed by atoms with Gasteiger partial charge in [0.25, 0.3) is 0 Å². The molecule has 1 aromatic carbocycles. The molecule has 4 heteroatoms. The van der Waals surface area contributed by atoms with Gasteiger partial charge in [-0.1, -0.05) is 17.7 Å². The van der Waals surface area contributed by atoms with Crippen molar-refractivity contribution in [1.82, 2.24) is 4.98 Å². The van der Waals surface area contributed by atoms with Gasteiger partial charge in [0, 0.05) is 22.8 Å². The standard InChI is InChI=1S/C10H7BrClNO/c1-5(14)10-9(11)7-3-2-6(12)4-8(7)13-10/h2-4,13H,1H3. The highest BCUT2D eigenvalue weighted by Crippen LogP contribution is 2.29. The molecule has 0 fully saturated rings. The highest BCUT2D eigenvalue weighted by atomic mass is 79.9. The van der Waals surface area contributed by atoms with Crippen LogP contribution in [0.25, 0.3) is 10.9 Å². The van der Waals surface area contributed by atoms with Gasteiger partial charge in [-0.15, -0.1) is 0 Å². The molecule has 1 N–H and O–H groups in total. The second-order valence-electron chi connectivity index (χ2n) is 3.06. The first-order valence-electron chi connectivity index (χ1n) is 4.07. The number of fused-ring (bicyclic) bond motifs is 1. The summed E-state index contributed by atoms with van der Waals surface area (Å²) in [6.07, 6.45) is 0. The number of carbonyl (C=O) groups excluding carboxylic acids is 1. The molecule has 0 unspecified atom stereocenters. The second-order valence-corrected chi connectivity index (χ2v) is 4.29. The number of rotatable bonds is 1. The summed E-state index contributed by atoms with van der Waals surface area (Å²) in [4.78, 5) is 14.2. The fourth-order valence-corrected chi connectivity index (χ4v) is 2.27. The van der Waals surface area contributed by atoms with Gasteiger partial charge in [-0.05, 0) is 28.1 Å². The Hall–Kier alpha value is -0.800. The smallest absolute Gasteiger partial charge is 0.177 e. The van der Waals surface area contributed by atoms with Gasteiger partial charge in [-0.25, -0.2) is 0 Å². The van der Waals surface area contributed by atoms with Gasteiger partial charge in [0.05, 0.1) is 10.2 Å². The largest absolute Gasteiger partial charge is 0.351 e. The van der Waals surface area contributed by atoms with Crippen LogP contribution in [0.1, 0.15) is 17.4 Å². The molecule has 72 valence electrons. The molecular formula is C10H7BrClNO. The minimum Gasteiger partial charge on any atom is -0.351 e. The molecule has 2 rings (SSSR count). The normalized spacial score (nSPS) is 10.8. The molecule has 0 spiro atoms. The van der Waals surface area contributed by atoms with Crippen molar-refractivity contribution in [2.45, 2.75) is 6.92 Å². The summed E-state index contributed by atoms with van der Waals surface area (Å²) in [6.45, 7) is 1.52. The van der Waals surface area contributed by atoms with Gasteiger partial charge < -0.3 is 4.98 Å². The van der Waals surface area contributed by atoms with Crippen LogP contribution in [0.4, 0.5) is 0 Å². The van der Waals surface area contributed by atoms with Crippen LogP contribution < -0.4 is 0 Å². The Bertz CT molecular complexity index is 518. The molecule has 0 aliphatic rings. The zero-order chi connectivity index (χ0) is 10.3. The molecule has 14 heavy (non-hydrogen) atoms. The molecule has 0 saturated carbocycles. The minimum atomic E-state index is 0.00389. The average molecular weight is 273 g/mol. The molecule has 0 aliphatic heterocycles. The summed E-state index contributed by atoms with van der Waals surface area (Å²) in [5, 5.41) is 1.63. The fraction of sp³-hybridized carbons (Fsp3) is 0.100. The molecule has 0 amide bonds. The van der Waals surface area contributed by atoms with Crippen molar-refractivity contribution in [3.05, 3.63) is 33.4 Å². The van der Waals surface area contributed by atoms with E-state index in [-0.39, 0.29) is 5.78 Å². The van der Waals surface area contributed by atoms with E-state index in [4.69, 9.17) is 11.6 Å². The van der Waals surface area contributed by atoms with E-state index < -0.39 is 0 Å². The lowest BCUT2D eigenvalue weighted by atomic mass is 10.2. The summed E-state index contributed by atoms with van der Waals surface area (Å²) in [6, 6.07) is 5.48. The summed E-state index contributed by atoms with van der Waals surface area (Å²) in [7, 11) is 0. The van der Waals surface area contributed by atoms with E-state index in [1.807, 2.05) is 6.07 Å². The van der Waals surface area contributed by atoms with Crippen molar-refractivity contribution in [1.29, 1.82) is 0 Å². The Labute approximate surface area is 94.4 Å². The summed E-state index contributed by atoms with van der Waals surface area (Å²) >= 11 is 9.22. The third kappa shape index (κ3) is 1.47. The van der Waals surface area contributed by atoms with E-state index in [0.717, 1.165) is 15.4 Å². The maximum Gasteiger partial charge on any atom is 0.177 e. The predicted octanol–water partition coefficient (Wildman–Crippen LogP) is 3.79. The zero-order valence-corrected chi connectivity index (χ0v) is 9.74. The molecule has 2 nitrogen and oxygen atoms in total. The van der Waals surface area contributed by atoms with E-state index in [1.54, 1.807) is 12.1 Å². The van der Waals surface area contributed by atoms with Crippen LogP contribution in [0.15, 0.2) is 22.7 Å². The molecule has 1 heterocycles. The van der Waals surface area contributed by atoms with Gasteiger partial charge in [0.1, 0.15) is 0 Å². The number of Topliss-reactive ketones (excluding diaryl/α,β-unsaturated/α-hetero) is 1. The van der Waals surface area contributed by atoms with Gasteiger partial charge >= 0.3 is 0 Å². The molecule has 0 bridgehead atoms. The third-order valence-corrected chi connectivity index (χ3v) is 3.11. The van der Waals surface area contributed by atoms with Crippen molar-refractivity contribution in [2.24, 2.45) is 0 Å². The Morgan fingerprint density at radius 2 is 2.21 bits per heavy atom. The number of hydrogen-bond acceptors (Lipinski definition) is 1. The summed E-state index contributed by atoms with van der Waals surface area (Å²) < 4.78 is 0.802. The number of halogens is 2. The Kier molecular flexibility index (Phi) is 2.37. The van der Waals surface area contributed by atoms with E-state index in [2.05, 4.69) is 20.9 Å². The molecule has 0 atom stereocenters. The zero-order valence-electron chi connectivity index (χ0n) is 7.40. The van der Waals surface area contributed by atoms with E-state index in [0.29, 0.717) is 10.7 Å². The second kappa shape index (κ2) is 3.41. The van der Waals surface area contributed by atoms with Gasteiger partial charge in [-0.3, -0.25) is 4.79 Å². The van der Waals surface area contributed by atoms with E-state index >= 15 is 0 Å². The predicted molar refractivity (Wildman–Crippen MR) is 61.0 cm³/mol. The Morgan fingerprint density at radius 1 is 1.50 bits per heavy atom. The molecule has 0 aliphatic carbocycles. The lowest BCUT2D eigenvalue weighted by molar-refractivity contribution is 0.101. The number of aromatic nitrogens is 1. The SMILES string of the molecule is CC(=O)c1[nH]c2cc(Cl)ccc2c1Br. The quantitative estimate of drug-likeness (QED) is 0.787. The van der Waals surface area contributed by atoms with Crippen LogP contribution in [0.2, 0.25) is 5.02 Å². The number of hydrogen-bond donors (Lipinski definition) is 1. The topological polar surface area (TPSA) is 32.9 Å². The molecule has 1 aromatic heterocycles. The number of aromatic amines is 1.